The lowest BCUT2D eigenvalue weighted by Gasteiger charge is -2.23. The standard InChI is InChI=1S/C13H16F3N3O.C9H13N3/c1-18(8-9-19-7-3-6-12(19)20)11-5-2-4-10(17-11)13(14,15)16;1-2-4-8-5-3-6-9(12-8)11-7-10/h2,4-5H,3,6-9H2,1H3;3,5-7H,2,4H2,1H3,(H2,10,11,12). The lowest BCUT2D eigenvalue weighted by Crippen LogP contribution is -2.34. The predicted molar refractivity (Wildman–Crippen MR) is 119 cm³/mol. The molecule has 0 spiro atoms. The number of nitrogens with two attached hydrogens (primary N) is 1. The van der Waals surface area contributed by atoms with Gasteiger partial charge in [0.25, 0.3) is 0 Å². The Labute approximate surface area is 186 Å². The summed E-state index contributed by atoms with van der Waals surface area (Å²) >= 11 is 0. The van der Waals surface area contributed by atoms with Gasteiger partial charge in [-0.05, 0) is 37.1 Å². The molecule has 0 atom stereocenters. The summed E-state index contributed by atoms with van der Waals surface area (Å²) in [6, 6.07) is 9.59. The van der Waals surface area contributed by atoms with E-state index >= 15 is 0 Å². The number of rotatable bonds is 7. The number of carbonyl (C=O) groups is 1. The molecule has 3 rings (SSSR count). The first kappa shape index (κ1) is 25.1. The van der Waals surface area contributed by atoms with Crippen LogP contribution in [0.2, 0.25) is 0 Å². The molecular weight excluding hydrogens is 421 g/mol. The number of halogens is 3. The second-order valence-corrected chi connectivity index (χ2v) is 7.30. The molecular formula is C22H29F3N6O. The number of pyridine rings is 2. The number of likely N-dealkylation sites (tertiary alicyclic amines) is 1. The number of likely N-dealkylation sites (N-methyl/N-ethyl adjacent to an activating group) is 1. The van der Waals surface area contributed by atoms with E-state index < -0.39 is 11.9 Å². The number of alkyl halides is 3. The molecule has 32 heavy (non-hydrogen) atoms. The molecule has 0 radical (unpaired) electrons. The smallest absolute Gasteiger partial charge is 0.390 e. The molecule has 2 aromatic heterocycles. The van der Waals surface area contributed by atoms with Crippen LogP contribution in [-0.4, -0.2) is 53.8 Å². The lowest BCUT2D eigenvalue weighted by atomic mass is 10.2. The Kier molecular flexibility index (Phi) is 9.42. The van der Waals surface area contributed by atoms with Crippen molar-refractivity contribution in [2.45, 2.75) is 38.8 Å². The fourth-order valence-corrected chi connectivity index (χ4v) is 3.13. The van der Waals surface area contributed by atoms with E-state index in [0.717, 1.165) is 37.6 Å². The monoisotopic (exact) mass is 450 g/mol. The zero-order chi connectivity index (χ0) is 23.6. The molecule has 174 valence electrons. The Balaban J connectivity index is 0.000000258. The van der Waals surface area contributed by atoms with Crippen molar-refractivity contribution < 1.29 is 18.0 Å². The molecule has 1 amide bonds. The minimum atomic E-state index is -4.44. The van der Waals surface area contributed by atoms with Gasteiger partial charge in [0.1, 0.15) is 11.5 Å². The van der Waals surface area contributed by atoms with E-state index in [2.05, 4.69) is 21.9 Å². The largest absolute Gasteiger partial charge is 0.433 e. The van der Waals surface area contributed by atoms with Crippen LogP contribution in [0, 0.1) is 0 Å². The van der Waals surface area contributed by atoms with Crippen LogP contribution < -0.4 is 10.6 Å². The fourth-order valence-electron chi connectivity index (χ4n) is 3.13. The molecule has 0 aromatic carbocycles. The summed E-state index contributed by atoms with van der Waals surface area (Å²) < 4.78 is 37.7. The normalized spacial score (nSPS) is 13.9. The number of nitrogens with zero attached hydrogens (tertiary/aromatic N) is 5. The molecule has 7 nitrogen and oxygen atoms in total. The first-order chi connectivity index (χ1) is 15.2. The number of aromatic nitrogens is 2. The van der Waals surface area contributed by atoms with Gasteiger partial charge in [-0.1, -0.05) is 25.5 Å². The van der Waals surface area contributed by atoms with Crippen LogP contribution in [0.1, 0.15) is 37.6 Å². The Morgan fingerprint density at radius 2 is 1.97 bits per heavy atom. The van der Waals surface area contributed by atoms with Gasteiger partial charge >= 0.3 is 6.18 Å². The van der Waals surface area contributed by atoms with Crippen LogP contribution in [0.5, 0.6) is 0 Å². The summed E-state index contributed by atoms with van der Waals surface area (Å²) in [6.45, 7) is 3.82. The van der Waals surface area contributed by atoms with Gasteiger partial charge in [0.2, 0.25) is 5.91 Å². The Hall–Kier alpha value is -3.17. The number of aliphatic imine (C=N–C) groups is 1. The Morgan fingerprint density at radius 3 is 2.59 bits per heavy atom. The first-order valence-corrected chi connectivity index (χ1v) is 10.5. The van der Waals surface area contributed by atoms with E-state index in [1.807, 2.05) is 18.2 Å². The molecule has 2 aromatic rings. The molecule has 0 bridgehead atoms. The first-order valence-electron chi connectivity index (χ1n) is 10.5. The third-order valence-electron chi connectivity index (χ3n) is 4.80. The van der Waals surface area contributed by atoms with Crippen LogP contribution >= 0.6 is 0 Å². The van der Waals surface area contributed by atoms with Gasteiger partial charge in [-0.25, -0.2) is 15.0 Å². The van der Waals surface area contributed by atoms with Crippen molar-refractivity contribution in [3.05, 3.63) is 47.8 Å². The number of aryl methyl sites for hydroxylation is 1. The average molecular weight is 451 g/mol. The van der Waals surface area contributed by atoms with Gasteiger partial charge < -0.3 is 15.5 Å². The maximum absolute atomic E-state index is 12.6. The quantitative estimate of drug-likeness (QED) is 0.512. The average Bonchev–Trinajstić information content (AvgIpc) is 3.17. The van der Waals surface area contributed by atoms with Gasteiger partial charge in [-0.15, -0.1) is 0 Å². The summed E-state index contributed by atoms with van der Waals surface area (Å²) in [5.74, 6) is 1.05. The third kappa shape index (κ3) is 7.82. The minimum Gasteiger partial charge on any atom is -0.390 e. The predicted octanol–water partition coefficient (Wildman–Crippen LogP) is 3.81. The van der Waals surface area contributed by atoms with Gasteiger partial charge in [0.05, 0.1) is 6.34 Å². The highest BCUT2D eigenvalue weighted by atomic mass is 19.4. The molecule has 10 heteroatoms. The van der Waals surface area contributed by atoms with Crippen molar-refractivity contribution in [3.63, 3.8) is 0 Å². The van der Waals surface area contributed by atoms with Crippen molar-refractivity contribution in [1.29, 1.82) is 0 Å². The minimum absolute atomic E-state index is 0.107. The number of anilines is 1. The van der Waals surface area contributed by atoms with Crippen LogP contribution in [0.4, 0.5) is 24.8 Å². The van der Waals surface area contributed by atoms with E-state index in [1.165, 1.54) is 18.5 Å². The molecule has 1 aliphatic heterocycles. The SMILES string of the molecule is CCCc1cccc(/N=C\N)n1.CN(CCN1CCCC1=O)c1cccc(C(F)(F)F)n1. The molecule has 1 fully saturated rings. The highest BCUT2D eigenvalue weighted by molar-refractivity contribution is 5.78. The van der Waals surface area contributed by atoms with Crippen molar-refractivity contribution >= 4 is 23.9 Å². The topological polar surface area (TPSA) is 87.7 Å². The molecule has 0 saturated carbocycles. The molecule has 1 saturated heterocycles. The van der Waals surface area contributed by atoms with Crippen LogP contribution in [-0.2, 0) is 17.4 Å². The molecule has 0 unspecified atom stereocenters. The van der Waals surface area contributed by atoms with Gasteiger partial charge in [0, 0.05) is 38.8 Å². The number of carbonyl (C=O) groups excluding carboxylic acids is 1. The summed E-state index contributed by atoms with van der Waals surface area (Å²) in [6.07, 6.45) is 0.326. The van der Waals surface area contributed by atoms with Crippen molar-refractivity contribution in [2.75, 3.05) is 31.6 Å². The number of hydrogen-bond donors (Lipinski definition) is 1. The zero-order valence-electron chi connectivity index (χ0n) is 18.3. The van der Waals surface area contributed by atoms with Gasteiger partial charge in [-0.3, -0.25) is 4.79 Å². The maximum atomic E-state index is 12.6. The summed E-state index contributed by atoms with van der Waals surface area (Å²) in [5.41, 5.74) is 5.32. The van der Waals surface area contributed by atoms with E-state index in [-0.39, 0.29) is 11.7 Å². The van der Waals surface area contributed by atoms with Gasteiger partial charge in [0.15, 0.2) is 5.82 Å². The Bertz CT molecular complexity index is 903. The van der Waals surface area contributed by atoms with E-state index in [1.54, 1.807) is 16.8 Å². The van der Waals surface area contributed by atoms with Crippen LogP contribution in [0.15, 0.2) is 41.4 Å². The summed E-state index contributed by atoms with van der Waals surface area (Å²) in [7, 11) is 1.67. The highest BCUT2D eigenvalue weighted by Gasteiger charge is 2.32. The van der Waals surface area contributed by atoms with Gasteiger partial charge in [-0.2, -0.15) is 13.2 Å². The van der Waals surface area contributed by atoms with E-state index in [0.29, 0.717) is 25.3 Å². The van der Waals surface area contributed by atoms with E-state index in [4.69, 9.17) is 5.73 Å². The highest BCUT2D eigenvalue weighted by Crippen LogP contribution is 2.28. The third-order valence-corrected chi connectivity index (χ3v) is 4.80. The zero-order valence-corrected chi connectivity index (χ0v) is 18.3. The molecule has 3 heterocycles. The van der Waals surface area contributed by atoms with E-state index in [9.17, 15) is 18.0 Å². The summed E-state index contributed by atoms with van der Waals surface area (Å²) in [4.78, 5) is 26.6. The number of hydrogen-bond acceptors (Lipinski definition) is 5. The Morgan fingerprint density at radius 1 is 1.22 bits per heavy atom. The fraction of sp³-hybridized carbons (Fsp3) is 0.455. The second kappa shape index (κ2) is 12.0. The summed E-state index contributed by atoms with van der Waals surface area (Å²) in [5, 5.41) is 0. The molecule has 0 aliphatic carbocycles. The van der Waals surface area contributed by atoms with Crippen molar-refractivity contribution in [1.82, 2.24) is 14.9 Å². The van der Waals surface area contributed by atoms with Crippen molar-refractivity contribution in [2.24, 2.45) is 10.7 Å². The lowest BCUT2D eigenvalue weighted by molar-refractivity contribution is -0.141. The second-order valence-electron chi connectivity index (χ2n) is 7.30. The van der Waals surface area contributed by atoms with Crippen LogP contribution in [0.25, 0.3) is 0 Å². The maximum Gasteiger partial charge on any atom is 0.433 e. The molecule has 2 N–H and O–H groups in total. The van der Waals surface area contributed by atoms with Crippen molar-refractivity contribution in [3.8, 4) is 0 Å². The number of amides is 1. The van der Waals surface area contributed by atoms with Crippen LogP contribution in [0.3, 0.4) is 0 Å². The molecule has 1 aliphatic rings.